The molecule has 0 saturated heterocycles. The average molecular weight is 313 g/mol. The largest absolute Gasteiger partial charge is 0.477 e. The van der Waals surface area contributed by atoms with Crippen LogP contribution in [-0.2, 0) is 11.2 Å². The number of aliphatic carboxylic acids is 1. The number of hydrogen-bond donors (Lipinski definition) is 2. The lowest BCUT2D eigenvalue weighted by atomic mass is 10.1. The smallest absolute Gasteiger partial charge is 0.352 e. The van der Waals surface area contributed by atoms with Crippen molar-refractivity contribution < 1.29 is 14.8 Å². The van der Waals surface area contributed by atoms with Gasteiger partial charge in [-0.05, 0) is 6.26 Å². The van der Waals surface area contributed by atoms with E-state index in [9.17, 15) is 14.9 Å². The van der Waals surface area contributed by atoms with Crippen LogP contribution in [-0.4, -0.2) is 32.3 Å². The lowest BCUT2D eigenvalue weighted by Crippen LogP contribution is -2.22. The second-order valence-corrected chi connectivity index (χ2v) is 5.01. The fraction of sp³-hybridized carbons (Fsp3) is 0.182. The number of nitrogens with one attached hydrogen (secondary N) is 1. The first-order valence-electron chi connectivity index (χ1n) is 5.31. The van der Waals surface area contributed by atoms with Crippen LogP contribution in [0.5, 0.6) is 0 Å². The highest BCUT2D eigenvalue weighted by atomic mass is 32.2. The van der Waals surface area contributed by atoms with Gasteiger partial charge in [-0.15, -0.1) is 0 Å². The number of carboxylic acids is 1. The Bertz CT molecular complexity index is 575. The molecule has 106 valence electrons. The Labute approximate surface area is 124 Å². The van der Waals surface area contributed by atoms with Crippen molar-refractivity contribution in [2.24, 2.45) is 5.10 Å². The fourth-order valence-electron chi connectivity index (χ4n) is 1.34. The molecule has 1 rings (SSSR count). The highest BCUT2D eigenvalue weighted by Gasteiger charge is 2.18. The maximum Gasteiger partial charge on any atom is 0.352 e. The third-order valence-electron chi connectivity index (χ3n) is 2.26. The number of hydrogen-bond acceptors (Lipinski definition) is 6. The molecule has 7 nitrogen and oxygen atoms in total. The van der Waals surface area contributed by atoms with E-state index in [0.29, 0.717) is 4.32 Å². The van der Waals surface area contributed by atoms with Crippen LogP contribution < -0.4 is 5.43 Å². The quantitative estimate of drug-likeness (QED) is 0.369. The van der Waals surface area contributed by atoms with Crippen molar-refractivity contribution in [3.05, 3.63) is 39.9 Å². The molecule has 2 N–H and O–H groups in total. The summed E-state index contributed by atoms with van der Waals surface area (Å²) in [6.45, 7) is 0. The second kappa shape index (κ2) is 7.56. The van der Waals surface area contributed by atoms with Gasteiger partial charge >= 0.3 is 5.97 Å². The molecule has 1 aromatic rings. The molecule has 0 bridgehead atoms. The Morgan fingerprint density at radius 1 is 1.55 bits per heavy atom. The molecule has 0 radical (unpaired) electrons. The third-order valence-corrected chi connectivity index (χ3v) is 3.31. The van der Waals surface area contributed by atoms with Crippen LogP contribution in [0.3, 0.4) is 0 Å². The molecule has 0 unspecified atom stereocenters. The van der Waals surface area contributed by atoms with Crippen LogP contribution >= 0.6 is 24.0 Å². The first-order valence-corrected chi connectivity index (χ1v) is 6.95. The second-order valence-electron chi connectivity index (χ2n) is 3.53. The van der Waals surface area contributed by atoms with Gasteiger partial charge in [0, 0.05) is 18.1 Å². The summed E-state index contributed by atoms with van der Waals surface area (Å²) in [5.74, 6) is -1.26. The molecule has 0 atom stereocenters. The summed E-state index contributed by atoms with van der Waals surface area (Å²) in [7, 11) is 0. The van der Waals surface area contributed by atoms with E-state index in [2.05, 4.69) is 10.5 Å². The first kappa shape index (κ1) is 16.1. The van der Waals surface area contributed by atoms with Crippen molar-refractivity contribution >= 4 is 45.7 Å². The number of carboxylic acid groups (broad SMARTS) is 1. The molecule has 0 aromatic heterocycles. The molecule has 20 heavy (non-hydrogen) atoms. The summed E-state index contributed by atoms with van der Waals surface area (Å²) in [5, 5.41) is 23.6. The molecular formula is C11H11N3O4S2. The van der Waals surface area contributed by atoms with Crippen LogP contribution in [0.1, 0.15) is 5.56 Å². The minimum Gasteiger partial charge on any atom is -0.477 e. The van der Waals surface area contributed by atoms with E-state index in [-0.39, 0.29) is 23.4 Å². The zero-order valence-corrected chi connectivity index (χ0v) is 12.0. The van der Waals surface area contributed by atoms with E-state index in [1.54, 1.807) is 12.3 Å². The number of rotatable bonds is 5. The van der Waals surface area contributed by atoms with Gasteiger partial charge in [-0.1, -0.05) is 42.2 Å². The van der Waals surface area contributed by atoms with Crippen molar-refractivity contribution in [3.63, 3.8) is 0 Å². The van der Waals surface area contributed by atoms with E-state index >= 15 is 0 Å². The highest BCUT2D eigenvalue weighted by Crippen LogP contribution is 2.18. The van der Waals surface area contributed by atoms with Gasteiger partial charge in [0.15, 0.2) is 4.32 Å². The zero-order valence-electron chi connectivity index (χ0n) is 10.4. The molecule has 0 saturated carbocycles. The number of nitrogens with zero attached hydrogens (tertiary/aromatic N) is 2. The van der Waals surface area contributed by atoms with Gasteiger partial charge in [0.2, 0.25) is 0 Å². The van der Waals surface area contributed by atoms with Crippen molar-refractivity contribution in [2.45, 2.75) is 6.42 Å². The van der Waals surface area contributed by atoms with Gasteiger partial charge in [-0.2, -0.15) is 5.10 Å². The number of hydrazone groups is 1. The Hall–Kier alpha value is -2.00. The Balaban J connectivity index is 3.00. The molecule has 0 aliphatic carbocycles. The normalized spacial score (nSPS) is 10.9. The lowest BCUT2D eigenvalue weighted by Gasteiger charge is -2.04. The van der Waals surface area contributed by atoms with Crippen molar-refractivity contribution in [2.75, 3.05) is 6.26 Å². The summed E-state index contributed by atoms with van der Waals surface area (Å²) in [6.07, 6.45) is 1.55. The van der Waals surface area contributed by atoms with Crippen LogP contribution in [0.2, 0.25) is 0 Å². The van der Waals surface area contributed by atoms with Gasteiger partial charge in [-0.3, -0.25) is 15.5 Å². The average Bonchev–Trinajstić information content (AvgIpc) is 2.42. The summed E-state index contributed by atoms with van der Waals surface area (Å²) >= 11 is 6.04. The van der Waals surface area contributed by atoms with Gasteiger partial charge in [-0.25, -0.2) is 4.79 Å². The predicted octanol–water partition coefficient (Wildman–Crippen LogP) is 1.82. The van der Waals surface area contributed by atoms with E-state index in [4.69, 9.17) is 17.3 Å². The van der Waals surface area contributed by atoms with Gasteiger partial charge in [0.05, 0.1) is 4.92 Å². The molecule has 0 heterocycles. The maximum atomic E-state index is 11.1. The first-order chi connectivity index (χ1) is 9.45. The molecule has 9 heteroatoms. The van der Waals surface area contributed by atoms with Gasteiger partial charge in [0.1, 0.15) is 5.71 Å². The minimum absolute atomic E-state index is 0.145. The lowest BCUT2D eigenvalue weighted by molar-refractivity contribution is -0.385. The Morgan fingerprint density at radius 2 is 2.20 bits per heavy atom. The Morgan fingerprint density at radius 3 is 2.75 bits per heavy atom. The number of nitro benzene ring substituents is 1. The number of para-hydroxylation sites is 1. The molecule has 0 fully saturated rings. The van der Waals surface area contributed by atoms with Crippen LogP contribution in [0.25, 0.3) is 0 Å². The van der Waals surface area contributed by atoms with Gasteiger partial charge in [0.25, 0.3) is 5.69 Å². The summed E-state index contributed by atoms with van der Waals surface area (Å²) < 4.78 is 0.311. The summed E-state index contributed by atoms with van der Waals surface area (Å²) in [4.78, 5) is 21.4. The monoisotopic (exact) mass is 313 g/mol. The van der Waals surface area contributed by atoms with Crippen molar-refractivity contribution in [1.82, 2.24) is 5.43 Å². The molecule has 0 aliphatic heterocycles. The molecular weight excluding hydrogens is 302 g/mol. The molecule has 1 aromatic carbocycles. The predicted molar refractivity (Wildman–Crippen MR) is 81.1 cm³/mol. The Kier molecular flexibility index (Phi) is 6.07. The van der Waals surface area contributed by atoms with E-state index in [1.807, 2.05) is 0 Å². The number of thioether (sulfide) groups is 1. The standard InChI is InChI=1S/C11H11N3O4S2/c1-20-11(19)13-12-8(10(15)16)6-7-4-2-3-5-9(7)14(17)18/h2-5H,6H2,1H3,(H,13,19)(H,15,16)/b12-8-. The van der Waals surface area contributed by atoms with E-state index in [0.717, 1.165) is 0 Å². The third kappa shape index (κ3) is 4.59. The molecule has 0 spiro atoms. The summed E-state index contributed by atoms with van der Waals surface area (Å²) in [6, 6.07) is 5.92. The van der Waals surface area contributed by atoms with Crippen LogP contribution in [0, 0.1) is 10.1 Å². The number of thiocarbonyl (C=S) groups is 1. The minimum atomic E-state index is -1.26. The number of carbonyl (C=O) groups is 1. The highest BCUT2D eigenvalue weighted by molar-refractivity contribution is 8.22. The SMILES string of the molecule is CSC(=S)N/N=C(/Cc1ccccc1[N+](=O)[O-])C(=O)O. The van der Waals surface area contributed by atoms with Crippen molar-refractivity contribution in [3.8, 4) is 0 Å². The number of benzene rings is 1. The fourth-order valence-corrected chi connectivity index (χ4v) is 1.52. The topological polar surface area (TPSA) is 105 Å². The van der Waals surface area contributed by atoms with E-state index < -0.39 is 10.9 Å². The molecule has 0 amide bonds. The van der Waals surface area contributed by atoms with Crippen molar-refractivity contribution in [1.29, 1.82) is 0 Å². The zero-order chi connectivity index (χ0) is 15.1. The van der Waals surface area contributed by atoms with Crippen LogP contribution in [0.4, 0.5) is 5.69 Å². The molecule has 0 aliphatic rings. The summed E-state index contributed by atoms with van der Waals surface area (Å²) in [5.41, 5.74) is 2.29. The van der Waals surface area contributed by atoms with Gasteiger partial charge < -0.3 is 5.11 Å². The van der Waals surface area contributed by atoms with E-state index in [1.165, 1.54) is 30.0 Å². The van der Waals surface area contributed by atoms with Crippen LogP contribution in [0.15, 0.2) is 29.4 Å². The maximum absolute atomic E-state index is 11.1. The number of nitro groups is 1.